The lowest BCUT2D eigenvalue weighted by molar-refractivity contribution is 0.0980. The molecule has 0 aliphatic carbocycles. The number of aryl methyl sites for hydroxylation is 3. The van der Waals surface area contributed by atoms with Gasteiger partial charge in [-0.2, -0.15) is 5.10 Å². The quantitative estimate of drug-likeness (QED) is 0.624. The molecule has 144 valence electrons. The van der Waals surface area contributed by atoms with Crippen molar-refractivity contribution < 1.29 is 4.79 Å². The normalized spacial score (nSPS) is 11.5. The molecule has 0 saturated carbocycles. The minimum absolute atomic E-state index is 0.116. The molecule has 0 saturated heterocycles. The van der Waals surface area contributed by atoms with Gasteiger partial charge in [-0.05, 0) is 58.6 Å². The molecule has 0 aliphatic rings. The minimum atomic E-state index is -0.116. The molecular formula is C19H24ClN5OS. The molecular weight excluding hydrogens is 382 g/mol. The topological polar surface area (TPSA) is 54.3 Å². The summed E-state index contributed by atoms with van der Waals surface area (Å²) in [5, 5.41) is 5.73. The summed E-state index contributed by atoms with van der Waals surface area (Å²) in [7, 11) is 5.87. The van der Waals surface area contributed by atoms with Gasteiger partial charge in [-0.3, -0.25) is 14.4 Å². The summed E-state index contributed by atoms with van der Waals surface area (Å²) in [6, 6.07) is 3.84. The predicted molar refractivity (Wildman–Crippen MR) is 112 cm³/mol. The van der Waals surface area contributed by atoms with Gasteiger partial charge in [0.2, 0.25) is 0 Å². The molecule has 2 heterocycles. The summed E-state index contributed by atoms with van der Waals surface area (Å²) in [5.41, 5.74) is 3.12. The number of carbonyl (C=O) groups excluding carboxylic acids is 1. The van der Waals surface area contributed by atoms with Crippen LogP contribution in [0.4, 0.5) is 5.13 Å². The van der Waals surface area contributed by atoms with Gasteiger partial charge in [0.1, 0.15) is 0 Å². The summed E-state index contributed by atoms with van der Waals surface area (Å²) in [6.45, 7) is 5.33. The zero-order valence-electron chi connectivity index (χ0n) is 16.3. The number of benzene rings is 1. The van der Waals surface area contributed by atoms with Gasteiger partial charge in [0.25, 0.3) is 5.91 Å². The largest absolute Gasteiger partial charge is 0.309 e. The zero-order chi connectivity index (χ0) is 19.7. The Morgan fingerprint density at radius 3 is 2.63 bits per heavy atom. The number of rotatable bonds is 6. The fourth-order valence-electron chi connectivity index (χ4n) is 2.98. The fraction of sp³-hybridized carbons (Fsp3) is 0.421. The van der Waals surface area contributed by atoms with Crippen molar-refractivity contribution in [2.45, 2.75) is 20.3 Å². The van der Waals surface area contributed by atoms with E-state index in [1.165, 1.54) is 11.3 Å². The first-order valence-corrected chi connectivity index (χ1v) is 10.00. The monoisotopic (exact) mass is 405 g/mol. The molecule has 27 heavy (non-hydrogen) atoms. The molecule has 6 nitrogen and oxygen atoms in total. The second-order valence-electron chi connectivity index (χ2n) is 6.96. The molecule has 0 N–H and O–H groups in total. The maximum atomic E-state index is 13.3. The van der Waals surface area contributed by atoms with Gasteiger partial charge in [0.15, 0.2) is 10.8 Å². The number of anilines is 1. The molecule has 0 aliphatic heterocycles. The highest BCUT2D eigenvalue weighted by Crippen LogP contribution is 2.34. The van der Waals surface area contributed by atoms with E-state index < -0.39 is 0 Å². The number of halogens is 1. The third kappa shape index (κ3) is 4.15. The third-order valence-corrected chi connectivity index (χ3v) is 5.87. The number of thiazole rings is 1. The maximum absolute atomic E-state index is 13.3. The van der Waals surface area contributed by atoms with E-state index in [-0.39, 0.29) is 5.91 Å². The molecule has 1 amide bonds. The average molecular weight is 406 g/mol. The van der Waals surface area contributed by atoms with Crippen LogP contribution in [0.1, 0.15) is 28.0 Å². The van der Waals surface area contributed by atoms with Crippen molar-refractivity contribution in [3.05, 3.63) is 40.2 Å². The molecule has 3 aromatic rings. The van der Waals surface area contributed by atoms with E-state index in [1.54, 1.807) is 9.58 Å². The molecule has 0 radical (unpaired) electrons. The van der Waals surface area contributed by atoms with Gasteiger partial charge in [-0.15, -0.1) is 0 Å². The summed E-state index contributed by atoms with van der Waals surface area (Å²) >= 11 is 7.75. The SMILES string of the molecule is Cc1cn(C)nc1C(=O)N(CCCN(C)C)c1nc2c(C)c(Cl)ccc2s1. The molecule has 0 atom stereocenters. The number of hydrogen-bond acceptors (Lipinski definition) is 5. The van der Waals surface area contributed by atoms with E-state index in [0.717, 1.165) is 34.3 Å². The Balaban J connectivity index is 2.00. The fourth-order valence-corrected chi connectivity index (χ4v) is 4.18. The Labute approximate surface area is 168 Å². The molecule has 1 aromatic carbocycles. The first-order valence-electron chi connectivity index (χ1n) is 8.80. The first-order chi connectivity index (χ1) is 12.8. The van der Waals surface area contributed by atoms with Crippen molar-refractivity contribution in [2.75, 3.05) is 32.1 Å². The number of nitrogens with zero attached hydrogens (tertiary/aromatic N) is 5. The maximum Gasteiger partial charge on any atom is 0.280 e. The zero-order valence-corrected chi connectivity index (χ0v) is 17.9. The van der Waals surface area contributed by atoms with Crippen molar-refractivity contribution in [1.29, 1.82) is 0 Å². The molecule has 0 fully saturated rings. The molecule has 0 bridgehead atoms. The van der Waals surface area contributed by atoms with E-state index in [4.69, 9.17) is 16.6 Å². The van der Waals surface area contributed by atoms with Crippen molar-refractivity contribution in [3.63, 3.8) is 0 Å². The van der Waals surface area contributed by atoms with Crippen LogP contribution in [-0.4, -0.2) is 52.8 Å². The molecule has 0 unspecified atom stereocenters. The summed E-state index contributed by atoms with van der Waals surface area (Å²) in [6.07, 6.45) is 2.70. The van der Waals surface area contributed by atoms with Crippen molar-refractivity contribution in [1.82, 2.24) is 19.7 Å². The third-order valence-electron chi connectivity index (χ3n) is 4.41. The van der Waals surface area contributed by atoms with Crippen molar-refractivity contribution in [3.8, 4) is 0 Å². The lowest BCUT2D eigenvalue weighted by Gasteiger charge is -2.20. The number of amides is 1. The van der Waals surface area contributed by atoms with E-state index in [1.807, 2.05) is 53.3 Å². The number of fused-ring (bicyclic) bond motifs is 1. The Morgan fingerprint density at radius 1 is 1.26 bits per heavy atom. The van der Waals surface area contributed by atoms with Gasteiger partial charge >= 0.3 is 0 Å². The minimum Gasteiger partial charge on any atom is -0.309 e. The van der Waals surface area contributed by atoms with Gasteiger partial charge in [-0.1, -0.05) is 22.9 Å². The first kappa shape index (κ1) is 19.8. The Hall–Kier alpha value is -1.96. The Kier molecular flexibility index (Phi) is 5.83. The van der Waals surface area contributed by atoms with Crippen LogP contribution in [0.15, 0.2) is 18.3 Å². The van der Waals surface area contributed by atoms with Crippen LogP contribution in [0.2, 0.25) is 5.02 Å². The van der Waals surface area contributed by atoms with Crippen LogP contribution in [0.3, 0.4) is 0 Å². The molecule has 3 rings (SSSR count). The predicted octanol–water partition coefficient (Wildman–Crippen LogP) is 3.90. The van der Waals surface area contributed by atoms with Crippen LogP contribution in [0, 0.1) is 13.8 Å². The van der Waals surface area contributed by atoms with Crippen LogP contribution >= 0.6 is 22.9 Å². The lowest BCUT2D eigenvalue weighted by atomic mass is 10.2. The van der Waals surface area contributed by atoms with Gasteiger partial charge in [0, 0.05) is 30.4 Å². The second-order valence-corrected chi connectivity index (χ2v) is 8.38. The standard InChI is InChI=1S/C19H24ClN5OS/c1-12-11-24(5)22-16(12)18(26)25(10-6-9-23(3)4)19-21-17-13(2)14(20)7-8-15(17)27-19/h7-8,11H,6,9-10H2,1-5H3. The molecule has 0 spiro atoms. The van der Waals surface area contributed by atoms with Crippen molar-refractivity contribution in [2.24, 2.45) is 7.05 Å². The lowest BCUT2D eigenvalue weighted by Crippen LogP contribution is -2.34. The summed E-state index contributed by atoms with van der Waals surface area (Å²) in [5.74, 6) is -0.116. The Morgan fingerprint density at radius 2 is 2.00 bits per heavy atom. The molecule has 8 heteroatoms. The van der Waals surface area contributed by atoms with Crippen molar-refractivity contribution >= 4 is 44.2 Å². The second kappa shape index (κ2) is 7.96. The van der Waals surface area contributed by atoms with Gasteiger partial charge < -0.3 is 4.90 Å². The van der Waals surface area contributed by atoms with Gasteiger partial charge in [0.05, 0.1) is 10.2 Å². The Bertz CT molecular complexity index is 978. The highest BCUT2D eigenvalue weighted by Gasteiger charge is 2.25. The van der Waals surface area contributed by atoms with Gasteiger partial charge in [-0.25, -0.2) is 4.98 Å². The van der Waals surface area contributed by atoms with E-state index in [9.17, 15) is 4.79 Å². The number of hydrogen-bond donors (Lipinski definition) is 0. The molecule has 2 aromatic heterocycles. The summed E-state index contributed by atoms with van der Waals surface area (Å²) in [4.78, 5) is 21.9. The van der Waals surface area contributed by atoms with E-state index >= 15 is 0 Å². The number of aromatic nitrogens is 3. The average Bonchev–Trinajstić information content (AvgIpc) is 3.17. The smallest absolute Gasteiger partial charge is 0.280 e. The van der Waals surface area contributed by atoms with Crippen LogP contribution in [-0.2, 0) is 7.05 Å². The highest BCUT2D eigenvalue weighted by atomic mass is 35.5. The number of carbonyl (C=O) groups is 1. The highest BCUT2D eigenvalue weighted by molar-refractivity contribution is 7.22. The van der Waals surface area contributed by atoms with Crippen LogP contribution < -0.4 is 4.90 Å². The van der Waals surface area contributed by atoms with E-state index in [2.05, 4.69) is 10.00 Å². The van der Waals surface area contributed by atoms with Crippen LogP contribution in [0.25, 0.3) is 10.2 Å². The summed E-state index contributed by atoms with van der Waals surface area (Å²) < 4.78 is 2.69. The van der Waals surface area contributed by atoms with E-state index in [0.29, 0.717) is 22.4 Å². The van der Waals surface area contributed by atoms with Crippen LogP contribution in [0.5, 0.6) is 0 Å².